The second kappa shape index (κ2) is 8.28. The fourth-order valence-corrected chi connectivity index (χ4v) is 5.73. The predicted molar refractivity (Wildman–Crippen MR) is 113 cm³/mol. The Balaban J connectivity index is 1.74. The van der Waals surface area contributed by atoms with Gasteiger partial charge in [-0.2, -0.15) is 9.40 Å². The van der Waals surface area contributed by atoms with Crippen molar-refractivity contribution in [2.75, 3.05) is 12.3 Å². The van der Waals surface area contributed by atoms with Crippen molar-refractivity contribution in [2.24, 2.45) is 5.92 Å². The van der Waals surface area contributed by atoms with E-state index in [1.807, 2.05) is 69.6 Å². The van der Waals surface area contributed by atoms with Crippen LogP contribution in [0.1, 0.15) is 50.2 Å². The highest BCUT2D eigenvalue weighted by Crippen LogP contribution is 2.24. The zero-order valence-corrected chi connectivity index (χ0v) is 18.5. The maximum atomic E-state index is 12.9. The van der Waals surface area contributed by atoms with E-state index in [0.717, 1.165) is 22.6 Å². The molecule has 7 nitrogen and oxygen atoms in total. The van der Waals surface area contributed by atoms with Gasteiger partial charge in [0.2, 0.25) is 15.9 Å². The van der Waals surface area contributed by atoms with E-state index < -0.39 is 16.1 Å². The van der Waals surface area contributed by atoms with Gasteiger partial charge in [-0.15, -0.1) is 0 Å². The molecule has 0 aliphatic carbocycles. The lowest BCUT2D eigenvalue weighted by molar-refractivity contribution is -0.126. The molecule has 1 N–H and O–H groups in total. The standard InChI is InChI=1S/C21H30N4O3S/c1-14(2)20(24-11-6-12-29(24,27)28)21(26)22-17(5)18-7-9-19(10-8-18)25-16(4)13-15(3)23-25/h7-10,13-14,17,20H,6,11-12H2,1-5H3,(H,22,26). The Hall–Kier alpha value is -2.19. The smallest absolute Gasteiger partial charge is 0.239 e. The molecule has 2 unspecified atom stereocenters. The third-order valence-corrected chi connectivity index (χ3v) is 7.28. The van der Waals surface area contributed by atoms with Gasteiger partial charge in [-0.05, 0) is 56.9 Å². The third-order valence-electron chi connectivity index (χ3n) is 5.35. The molecule has 0 radical (unpaired) electrons. The molecular formula is C21H30N4O3S. The number of nitrogens with one attached hydrogen (secondary N) is 1. The maximum absolute atomic E-state index is 12.9. The van der Waals surface area contributed by atoms with E-state index in [4.69, 9.17) is 0 Å². The molecule has 1 fully saturated rings. The van der Waals surface area contributed by atoms with Crippen LogP contribution in [0.15, 0.2) is 30.3 Å². The topological polar surface area (TPSA) is 84.3 Å². The molecular weight excluding hydrogens is 388 g/mol. The summed E-state index contributed by atoms with van der Waals surface area (Å²) < 4.78 is 27.9. The molecule has 158 valence electrons. The van der Waals surface area contributed by atoms with Crippen molar-refractivity contribution in [3.63, 3.8) is 0 Å². The van der Waals surface area contributed by atoms with Gasteiger partial charge >= 0.3 is 0 Å². The summed E-state index contributed by atoms with van der Waals surface area (Å²) in [5, 5.41) is 7.49. The molecule has 1 aromatic heterocycles. The number of hydrogen-bond donors (Lipinski definition) is 1. The van der Waals surface area contributed by atoms with E-state index in [9.17, 15) is 13.2 Å². The molecule has 2 heterocycles. The van der Waals surface area contributed by atoms with E-state index in [0.29, 0.717) is 13.0 Å². The first kappa shape index (κ1) is 21.5. The van der Waals surface area contributed by atoms with Crippen LogP contribution in [0, 0.1) is 19.8 Å². The highest BCUT2D eigenvalue weighted by Gasteiger charge is 2.40. The molecule has 1 aliphatic rings. The second-order valence-corrected chi connectivity index (χ2v) is 10.2. The van der Waals surface area contributed by atoms with Gasteiger partial charge in [0.15, 0.2) is 0 Å². The lowest BCUT2D eigenvalue weighted by atomic mass is 10.0. The van der Waals surface area contributed by atoms with Crippen LogP contribution in [0.25, 0.3) is 5.69 Å². The summed E-state index contributed by atoms with van der Waals surface area (Å²) >= 11 is 0. The van der Waals surface area contributed by atoms with E-state index in [-0.39, 0.29) is 23.6 Å². The summed E-state index contributed by atoms with van der Waals surface area (Å²) in [6.07, 6.45) is 0.572. The van der Waals surface area contributed by atoms with Gasteiger partial charge in [-0.1, -0.05) is 26.0 Å². The van der Waals surface area contributed by atoms with Crippen LogP contribution in [0.2, 0.25) is 0 Å². The van der Waals surface area contributed by atoms with E-state index in [1.54, 1.807) is 0 Å². The Morgan fingerprint density at radius 2 is 1.79 bits per heavy atom. The van der Waals surface area contributed by atoms with Gasteiger partial charge in [0.05, 0.1) is 23.2 Å². The molecule has 29 heavy (non-hydrogen) atoms. The Morgan fingerprint density at radius 3 is 2.28 bits per heavy atom. The molecule has 0 saturated carbocycles. The van der Waals surface area contributed by atoms with Gasteiger partial charge in [0, 0.05) is 12.2 Å². The van der Waals surface area contributed by atoms with Crippen molar-refractivity contribution in [1.29, 1.82) is 0 Å². The van der Waals surface area contributed by atoms with Crippen molar-refractivity contribution in [3.05, 3.63) is 47.3 Å². The van der Waals surface area contributed by atoms with E-state index in [2.05, 4.69) is 10.4 Å². The van der Waals surface area contributed by atoms with Crippen LogP contribution in [0.5, 0.6) is 0 Å². The van der Waals surface area contributed by atoms with Gasteiger partial charge in [-0.3, -0.25) is 4.79 Å². The van der Waals surface area contributed by atoms with Gasteiger partial charge < -0.3 is 5.32 Å². The molecule has 3 rings (SSSR count). The van der Waals surface area contributed by atoms with Crippen LogP contribution in [0.3, 0.4) is 0 Å². The zero-order chi connectivity index (χ0) is 21.3. The first-order valence-electron chi connectivity index (χ1n) is 10.0. The van der Waals surface area contributed by atoms with Crippen molar-refractivity contribution in [1.82, 2.24) is 19.4 Å². The number of benzene rings is 1. The zero-order valence-electron chi connectivity index (χ0n) is 17.7. The monoisotopic (exact) mass is 418 g/mol. The van der Waals surface area contributed by atoms with Gasteiger partial charge in [0.1, 0.15) is 6.04 Å². The normalized spacial score (nSPS) is 18.7. The third kappa shape index (κ3) is 4.53. The average molecular weight is 419 g/mol. The predicted octanol–water partition coefficient (Wildman–Crippen LogP) is 2.73. The van der Waals surface area contributed by atoms with Gasteiger partial charge in [0.25, 0.3) is 0 Å². The fraction of sp³-hybridized carbons (Fsp3) is 0.524. The number of carbonyl (C=O) groups is 1. The lowest BCUT2D eigenvalue weighted by Crippen LogP contribution is -2.50. The highest BCUT2D eigenvalue weighted by molar-refractivity contribution is 7.89. The SMILES string of the molecule is Cc1cc(C)n(-c2ccc(C(C)NC(=O)C(C(C)C)N3CCCS3(=O)=O)cc2)n1. The van der Waals surface area contributed by atoms with Crippen LogP contribution in [-0.2, 0) is 14.8 Å². The number of carbonyl (C=O) groups excluding carboxylic acids is 1. The van der Waals surface area contributed by atoms with Crippen LogP contribution >= 0.6 is 0 Å². The fourth-order valence-electron chi connectivity index (χ4n) is 3.91. The summed E-state index contributed by atoms with van der Waals surface area (Å²) in [4.78, 5) is 12.9. The summed E-state index contributed by atoms with van der Waals surface area (Å²) in [6.45, 7) is 10.0. The van der Waals surface area contributed by atoms with Crippen LogP contribution in [-0.4, -0.2) is 46.8 Å². The average Bonchev–Trinajstić information content (AvgIpc) is 3.15. The van der Waals surface area contributed by atoms with Crippen LogP contribution < -0.4 is 5.32 Å². The number of sulfonamides is 1. The molecule has 0 spiro atoms. The molecule has 2 atom stereocenters. The van der Waals surface area contributed by atoms with E-state index >= 15 is 0 Å². The van der Waals surface area contributed by atoms with Crippen molar-refractivity contribution in [2.45, 2.75) is 53.1 Å². The minimum atomic E-state index is -3.35. The Kier molecular flexibility index (Phi) is 6.14. The number of aryl methyl sites for hydroxylation is 2. The number of aromatic nitrogens is 2. The minimum Gasteiger partial charge on any atom is -0.348 e. The lowest BCUT2D eigenvalue weighted by Gasteiger charge is -2.29. The van der Waals surface area contributed by atoms with Crippen LogP contribution in [0.4, 0.5) is 0 Å². The van der Waals surface area contributed by atoms with Crippen molar-refractivity contribution >= 4 is 15.9 Å². The Bertz CT molecular complexity index is 980. The summed E-state index contributed by atoms with van der Waals surface area (Å²) in [5.74, 6) is -0.239. The first-order valence-corrected chi connectivity index (χ1v) is 11.6. The largest absolute Gasteiger partial charge is 0.348 e. The molecule has 1 aliphatic heterocycles. The molecule has 8 heteroatoms. The van der Waals surface area contributed by atoms with E-state index in [1.165, 1.54) is 4.31 Å². The van der Waals surface area contributed by atoms with Crippen molar-refractivity contribution in [3.8, 4) is 5.69 Å². The molecule has 2 aromatic rings. The first-order chi connectivity index (χ1) is 13.6. The number of amides is 1. The summed E-state index contributed by atoms with van der Waals surface area (Å²) in [7, 11) is -3.35. The van der Waals surface area contributed by atoms with Gasteiger partial charge in [-0.25, -0.2) is 13.1 Å². The second-order valence-electron chi connectivity index (χ2n) is 8.13. The summed E-state index contributed by atoms with van der Waals surface area (Å²) in [6, 6.07) is 8.99. The molecule has 1 amide bonds. The molecule has 0 bridgehead atoms. The van der Waals surface area contributed by atoms with Crippen molar-refractivity contribution < 1.29 is 13.2 Å². The quantitative estimate of drug-likeness (QED) is 0.782. The molecule has 1 aromatic carbocycles. The number of nitrogens with zero attached hydrogens (tertiary/aromatic N) is 3. The maximum Gasteiger partial charge on any atom is 0.239 e. The minimum absolute atomic E-state index is 0.108. The molecule has 1 saturated heterocycles. The Labute approximate surface area is 173 Å². The highest BCUT2D eigenvalue weighted by atomic mass is 32.2. The number of hydrogen-bond acceptors (Lipinski definition) is 4. The Morgan fingerprint density at radius 1 is 1.14 bits per heavy atom. The number of rotatable bonds is 6. The summed E-state index contributed by atoms with van der Waals surface area (Å²) in [5.41, 5.74) is 3.93.